The Balaban J connectivity index is 1.59. The number of nitrogens with one attached hydrogen (secondary N) is 1. The van der Waals surface area contributed by atoms with Crippen LogP contribution in [-0.2, 0) is 23.0 Å². The van der Waals surface area contributed by atoms with Crippen molar-refractivity contribution < 1.29 is 8.42 Å². The smallest absolute Gasteiger partial charge is 0.241 e. The Bertz CT molecular complexity index is 1110. The number of aryl methyl sites for hydroxylation is 3. The molecule has 1 atom stereocenters. The predicted molar refractivity (Wildman–Crippen MR) is 123 cm³/mol. The molecule has 2 aromatic carbocycles. The Morgan fingerprint density at radius 1 is 1.07 bits per heavy atom. The van der Waals surface area contributed by atoms with E-state index in [9.17, 15) is 8.42 Å². The van der Waals surface area contributed by atoms with Crippen LogP contribution in [0.2, 0.25) is 0 Å². The number of hydrogen-bond acceptors (Lipinski definition) is 4. The van der Waals surface area contributed by atoms with Crippen LogP contribution in [-0.4, -0.2) is 26.4 Å². The summed E-state index contributed by atoms with van der Waals surface area (Å²) < 4.78 is 29.3. The molecule has 0 fully saturated rings. The summed E-state index contributed by atoms with van der Waals surface area (Å²) in [5, 5.41) is 4.19. The monoisotopic (exact) mass is 440 g/mol. The number of nitrogens with zero attached hydrogens (tertiary/aromatic N) is 1. The van der Waals surface area contributed by atoms with E-state index in [0.29, 0.717) is 11.4 Å². The molecule has 4 rings (SSSR count). The van der Waals surface area contributed by atoms with Crippen LogP contribution < -0.4 is 4.72 Å². The third-order valence-corrected chi connectivity index (χ3v) is 8.30. The zero-order valence-electron chi connectivity index (χ0n) is 17.7. The lowest BCUT2D eigenvalue weighted by molar-refractivity contribution is 0.180. The average molecular weight is 441 g/mol. The highest BCUT2D eigenvalue weighted by atomic mass is 32.2. The van der Waals surface area contributed by atoms with Crippen LogP contribution in [0.3, 0.4) is 0 Å². The van der Waals surface area contributed by atoms with Crippen molar-refractivity contribution in [3.63, 3.8) is 0 Å². The lowest BCUT2D eigenvalue weighted by Crippen LogP contribution is -2.40. The van der Waals surface area contributed by atoms with Crippen LogP contribution in [0.25, 0.3) is 0 Å². The van der Waals surface area contributed by atoms with E-state index < -0.39 is 10.0 Å². The highest BCUT2D eigenvalue weighted by Gasteiger charge is 2.28. The molecule has 0 saturated heterocycles. The number of fused-ring (bicyclic) bond motifs is 1. The van der Waals surface area contributed by atoms with Crippen LogP contribution >= 0.6 is 11.3 Å². The highest BCUT2D eigenvalue weighted by molar-refractivity contribution is 7.89. The zero-order chi connectivity index (χ0) is 21.3. The molecule has 3 aromatic rings. The Morgan fingerprint density at radius 2 is 1.77 bits per heavy atom. The number of rotatable bonds is 6. The van der Waals surface area contributed by atoms with E-state index in [2.05, 4.69) is 50.7 Å². The van der Waals surface area contributed by atoms with E-state index >= 15 is 0 Å². The van der Waals surface area contributed by atoms with Crippen LogP contribution in [0.1, 0.15) is 39.4 Å². The van der Waals surface area contributed by atoms with Crippen molar-refractivity contribution in [3.05, 3.63) is 86.6 Å². The number of hydrogen-bond donors (Lipinski definition) is 1. The van der Waals surface area contributed by atoms with Crippen LogP contribution in [0.4, 0.5) is 0 Å². The molecule has 1 aliphatic rings. The minimum Gasteiger partial charge on any atom is -0.290 e. The minimum atomic E-state index is -3.60. The van der Waals surface area contributed by atoms with Gasteiger partial charge in [0.25, 0.3) is 0 Å². The predicted octanol–water partition coefficient (Wildman–Crippen LogP) is 4.75. The van der Waals surface area contributed by atoms with Crippen LogP contribution in [0, 0.1) is 20.8 Å². The summed E-state index contributed by atoms with van der Waals surface area (Å²) >= 11 is 1.65. The number of benzene rings is 2. The summed E-state index contributed by atoms with van der Waals surface area (Å²) in [4.78, 5) is 2.79. The Labute approximate surface area is 183 Å². The van der Waals surface area contributed by atoms with Gasteiger partial charge in [-0.05, 0) is 71.8 Å². The SMILES string of the molecule is Cc1cc(C)c(S(=O)(=O)NC[C@@H](c2ccsc2)N2CCc3ccccc3C2)c(C)c1. The van der Waals surface area contributed by atoms with Gasteiger partial charge in [0, 0.05) is 25.7 Å². The van der Waals surface area contributed by atoms with Gasteiger partial charge < -0.3 is 0 Å². The maximum atomic E-state index is 13.2. The Morgan fingerprint density at radius 3 is 2.43 bits per heavy atom. The molecule has 2 heterocycles. The summed E-state index contributed by atoms with van der Waals surface area (Å²) in [7, 11) is -3.60. The normalized spacial score (nSPS) is 15.7. The fraction of sp³-hybridized carbons (Fsp3) is 0.333. The van der Waals surface area contributed by atoms with E-state index in [1.54, 1.807) is 11.3 Å². The zero-order valence-corrected chi connectivity index (χ0v) is 19.3. The van der Waals surface area contributed by atoms with Crippen LogP contribution in [0.15, 0.2) is 58.1 Å². The molecular weight excluding hydrogens is 412 g/mol. The fourth-order valence-corrected chi connectivity index (χ4v) is 6.75. The minimum absolute atomic E-state index is 0.00504. The second-order valence-corrected chi connectivity index (χ2v) is 10.6. The van der Waals surface area contributed by atoms with Gasteiger partial charge in [-0.1, -0.05) is 42.0 Å². The molecule has 0 amide bonds. The van der Waals surface area contributed by atoms with Gasteiger partial charge in [0.05, 0.1) is 4.90 Å². The van der Waals surface area contributed by atoms with E-state index in [1.807, 2.05) is 32.9 Å². The van der Waals surface area contributed by atoms with Gasteiger partial charge in [-0.25, -0.2) is 13.1 Å². The van der Waals surface area contributed by atoms with E-state index in [0.717, 1.165) is 36.2 Å². The number of thiophene rings is 1. The molecule has 4 nitrogen and oxygen atoms in total. The Hall–Kier alpha value is -1.99. The van der Waals surface area contributed by atoms with E-state index in [4.69, 9.17) is 0 Å². The highest BCUT2D eigenvalue weighted by Crippen LogP contribution is 2.29. The topological polar surface area (TPSA) is 49.4 Å². The fourth-order valence-electron chi connectivity index (χ4n) is 4.56. The quantitative estimate of drug-likeness (QED) is 0.602. The molecule has 0 spiro atoms. The molecule has 0 radical (unpaired) electrons. The van der Waals surface area contributed by atoms with E-state index in [1.165, 1.54) is 16.7 Å². The van der Waals surface area contributed by atoms with Gasteiger partial charge >= 0.3 is 0 Å². The second-order valence-electron chi connectivity index (χ2n) is 8.14. The second kappa shape index (κ2) is 8.63. The Kier molecular flexibility index (Phi) is 6.11. The van der Waals surface area contributed by atoms with Crippen molar-refractivity contribution in [2.75, 3.05) is 13.1 Å². The summed E-state index contributed by atoms with van der Waals surface area (Å²) in [6.45, 7) is 7.83. The third kappa shape index (κ3) is 4.37. The van der Waals surface area contributed by atoms with Crippen molar-refractivity contribution in [2.24, 2.45) is 0 Å². The lowest BCUT2D eigenvalue weighted by atomic mass is 9.97. The summed E-state index contributed by atoms with van der Waals surface area (Å²) in [6.07, 6.45) is 0.986. The maximum Gasteiger partial charge on any atom is 0.241 e. The summed E-state index contributed by atoms with van der Waals surface area (Å²) in [6, 6.07) is 14.5. The van der Waals surface area contributed by atoms with Gasteiger partial charge in [0.15, 0.2) is 0 Å². The molecule has 1 aromatic heterocycles. The molecule has 6 heteroatoms. The first-order valence-corrected chi connectivity index (χ1v) is 12.7. The van der Waals surface area contributed by atoms with Crippen molar-refractivity contribution in [2.45, 2.75) is 44.7 Å². The molecular formula is C24H28N2O2S2. The summed E-state index contributed by atoms with van der Waals surface area (Å²) in [5.74, 6) is 0. The summed E-state index contributed by atoms with van der Waals surface area (Å²) in [5.41, 5.74) is 6.55. The third-order valence-electron chi connectivity index (χ3n) is 5.87. The van der Waals surface area contributed by atoms with Crippen LogP contribution in [0.5, 0.6) is 0 Å². The van der Waals surface area contributed by atoms with Gasteiger partial charge in [0.2, 0.25) is 10.0 Å². The van der Waals surface area contributed by atoms with E-state index in [-0.39, 0.29) is 6.04 Å². The largest absolute Gasteiger partial charge is 0.290 e. The molecule has 1 aliphatic heterocycles. The average Bonchev–Trinajstić information content (AvgIpc) is 3.21. The number of sulfonamides is 1. The standard InChI is InChI=1S/C24H28N2O2S2/c1-17-12-18(2)24(19(3)13-17)30(27,28)25-14-23(22-9-11-29-16-22)26-10-8-20-6-4-5-7-21(20)15-26/h4-7,9,11-13,16,23,25H,8,10,14-15H2,1-3H3/t23-/m0/s1. The van der Waals surface area contributed by atoms with Crippen molar-refractivity contribution in [1.82, 2.24) is 9.62 Å². The van der Waals surface area contributed by atoms with Crippen molar-refractivity contribution in [1.29, 1.82) is 0 Å². The van der Waals surface area contributed by atoms with Gasteiger partial charge in [0.1, 0.15) is 0 Å². The molecule has 0 aliphatic carbocycles. The van der Waals surface area contributed by atoms with Gasteiger partial charge in [-0.3, -0.25) is 4.90 Å². The lowest BCUT2D eigenvalue weighted by Gasteiger charge is -2.35. The first kappa shape index (κ1) is 21.2. The van der Waals surface area contributed by atoms with Gasteiger partial charge in [-0.15, -0.1) is 0 Å². The molecule has 0 saturated carbocycles. The van der Waals surface area contributed by atoms with Crippen molar-refractivity contribution in [3.8, 4) is 0 Å². The van der Waals surface area contributed by atoms with Crippen molar-refractivity contribution >= 4 is 21.4 Å². The molecule has 0 unspecified atom stereocenters. The first-order chi connectivity index (χ1) is 14.3. The molecule has 158 valence electrons. The first-order valence-electron chi connectivity index (χ1n) is 10.3. The maximum absolute atomic E-state index is 13.2. The molecule has 30 heavy (non-hydrogen) atoms. The molecule has 0 bridgehead atoms. The van der Waals surface area contributed by atoms with Gasteiger partial charge in [-0.2, -0.15) is 11.3 Å². The molecule has 1 N–H and O–H groups in total.